The van der Waals surface area contributed by atoms with Crippen molar-refractivity contribution in [1.29, 1.82) is 0 Å². The van der Waals surface area contributed by atoms with Gasteiger partial charge in [-0.2, -0.15) is 10.2 Å². The number of rotatable bonds is 7. The lowest BCUT2D eigenvalue weighted by Gasteiger charge is -2.49. The maximum atomic E-state index is 12.4. The number of carbonyl (C=O) groups excluding carboxylic acids is 2. The van der Waals surface area contributed by atoms with E-state index in [1.165, 1.54) is 0 Å². The molecular formula is C17H24N4O4S. The lowest BCUT2D eigenvalue weighted by molar-refractivity contribution is -0.126. The van der Waals surface area contributed by atoms with Crippen molar-refractivity contribution in [2.75, 3.05) is 5.75 Å². The van der Waals surface area contributed by atoms with Gasteiger partial charge in [-0.15, -0.1) is 12.3 Å². The highest BCUT2D eigenvalue weighted by Crippen LogP contribution is 2.50. The van der Waals surface area contributed by atoms with Crippen molar-refractivity contribution in [3.05, 3.63) is 0 Å². The Morgan fingerprint density at radius 2 is 1.92 bits per heavy atom. The molecule has 3 rings (SSSR count). The van der Waals surface area contributed by atoms with Crippen molar-refractivity contribution in [2.45, 2.75) is 67.8 Å². The Bertz CT molecular complexity index is 771. The highest BCUT2D eigenvalue weighted by molar-refractivity contribution is 7.92. The first-order valence-corrected chi connectivity index (χ1v) is 10.5. The zero-order chi connectivity index (χ0) is 19.0. The Balaban J connectivity index is 1.50. The van der Waals surface area contributed by atoms with Crippen LogP contribution in [0.1, 0.15) is 51.4 Å². The summed E-state index contributed by atoms with van der Waals surface area (Å²) in [7, 11) is -3.27. The summed E-state index contributed by atoms with van der Waals surface area (Å²) < 4.78 is 24.0. The minimum absolute atomic E-state index is 0.0280. The van der Waals surface area contributed by atoms with Crippen LogP contribution in [0.2, 0.25) is 0 Å². The van der Waals surface area contributed by atoms with E-state index in [9.17, 15) is 18.0 Å². The van der Waals surface area contributed by atoms with Gasteiger partial charge in [-0.1, -0.05) is 0 Å². The number of nitrogens with zero attached hydrogens (tertiary/aromatic N) is 2. The minimum Gasteiger partial charge on any atom is -0.369 e. The van der Waals surface area contributed by atoms with Gasteiger partial charge in [0.05, 0.1) is 10.5 Å². The molecule has 0 aromatic heterocycles. The molecule has 0 bridgehead atoms. The van der Waals surface area contributed by atoms with Crippen LogP contribution in [0.15, 0.2) is 10.2 Å². The van der Waals surface area contributed by atoms with Gasteiger partial charge in [0.25, 0.3) is 0 Å². The smallest absolute Gasteiger partial charge is 0.220 e. The fraction of sp³-hybridized carbons (Fsp3) is 0.765. The predicted octanol–water partition coefficient (Wildman–Crippen LogP) is 0.670. The quantitative estimate of drug-likeness (QED) is 0.628. The van der Waals surface area contributed by atoms with Gasteiger partial charge in [-0.25, -0.2) is 8.42 Å². The Morgan fingerprint density at radius 3 is 2.50 bits per heavy atom. The van der Waals surface area contributed by atoms with Gasteiger partial charge in [0.1, 0.15) is 0 Å². The Hall–Kier alpha value is -1.95. The number of sulfone groups is 1. The average Bonchev–Trinajstić information content (AvgIpc) is 3.31. The average molecular weight is 380 g/mol. The molecular weight excluding hydrogens is 356 g/mol. The van der Waals surface area contributed by atoms with Crippen LogP contribution in [0.5, 0.6) is 0 Å². The summed E-state index contributed by atoms with van der Waals surface area (Å²) in [6.07, 6.45) is 8.54. The van der Waals surface area contributed by atoms with Gasteiger partial charge in [-0.3, -0.25) is 9.59 Å². The van der Waals surface area contributed by atoms with Gasteiger partial charge in [0, 0.05) is 37.6 Å². The molecule has 2 aliphatic heterocycles. The summed E-state index contributed by atoms with van der Waals surface area (Å²) in [6, 6.07) is -0.199. The number of nitrogens with two attached hydrogens (primary N) is 1. The van der Waals surface area contributed by atoms with Crippen molar-refractivity contribution < 1.29 is 18.0 Å². The highest BCUT2D eigenvalue weighted by Gasteiger charge is 2.58. The summed E-state index contributed by atoms with van der Waals surface area (Å²) in [6.45, 7) is 0. The van der Waals surface area contributed by atoms with Gasteiger partial charge >= 0.3 is 0 Å². The van der Waals surface area contributed by atoms with Gasteiger partial charge in [0.2, 0.25) is 11.8 Å². The topological polar surface area (TPSA) is 131 Å². The third-order valence-corrected chi connectivity index (χ3v) is 8.42. The first kappa shape index (κ1) is 18.8. The van der Waals surface area contributed by atoms with Crippen LogP contribution in [0, 0.1) is 18.3 Å². The van der Waals surface area contributed by atoms with Crippen LogP contribution in [-0.4, -0.2) is 42.4 Å². The third kappa shape index (κ3) is 3.61. The second-order valence-electron chi connectivity index (χ2n) is 7.65. The number of primary amides is 1. The van der Waals surface area contributed by atoms with Crippen molar-refractivity contribution >= 4 is 21.7 Å². The number of amides is 2. The van der Waals surface area contributed by atoms with E-state index in [2.05, 4.69) is 21.5 Å². The van der Waals surface area contributed by atoms with Crippen LogP contribution in [-0.2, 0) is 19.4 Å². The minimum atomic E-state index is -3.27. The maximum Gasteiger partial charge on any atom is 0.220 e. The van der Waals surface area contributed by atoms with E-state index in [4.69, 9.17) is 12.2 Å². The van der Waals surface area contributed by atoms with E-state index in [1.807, 2.05) is 0 Å². The number of nitrogens with one attached hydrogen (secondary N) is 1. The normalized spacial score (nSPS) is 33.0. The summed E-state index contributed by atoms with van der Waals surface area (Å²) >= 11 is 0. The van der Waals surface area contributed by atoms with Gasteiger partial charge < -0.3 is 11.1 Å². The molecule has 2 heterocycles. The molecule has 142 valence electrons. The molecule has 0 radical (unpaired) electrons. The van der Waals surface area contributed by atoms with Gasteiger partial charge in [0.15, 0.2) is 15.5 Å². The Kier molecular flexibility index (Phi) is 4.82. The SMILES string of the molecule is C#CCCC1(CCC(=O)NC2CCS(=O)(=O)C3(C2)CC(C(N)=O)C3)N=N1. The molecule has 0 aromatic carbocycles. The van der Waals surface area contributed by atoms with Crippen molar-refractivity contribution in [3.8, 4) is 12.3 Å². The second-order valence-corrected chi connectivity index (χ2v) is 10.2. The summed E-state index contributed by atoms with van der Waals surface area (Å²) in [5, 5.41) is 10.9. The van der Waals surface area contributed by atoms with Crippen LogP contribution in [0.4, 0.5) is 0 Å². The molecule has 2 amide bonds. The Morgan fingerprint density at radius 1 is 1.23 bits per heavy atom. The molecule has 26 heavy (non-hydrogen) atoms. The van der Waals surface area contributed by atoms with Crippen molar-refractivity contribution in [2.24, 2.45) is 21.9 Å². The van der Waals surface area contributed by atoms with Crippen LogP contribution < -0.4 is 11.1 Å². The molecule has 1 unspecified atom stereocenters. The van der Waals surface area contributed by atoms with Gasteiger partial charge in [-0.05, 0) is 25.7 Å². The standard InChI is InChI=1S/C17H24N4O4S/c1-2-3-6-17(20-21-17)7-4-14(22)19-13-5-8-26(24,25)16(11-13)9-12(10-16)15(18)23/h1,12-13H,3-11H2,(H2,18,23)(H,19,22). The number of carbonyl (C=O) groups is 2. The predicted molar refractivity (Wildman–Crippen MR) is 94.5 cm³/mol. The fourth-order valence-electron chi connectivity index (χ4n) is 4.06. The van der Waals surface area contributed by atoms with E-state index in [1.54, 1.807) is 0 Å². The molecule has 3 aliphatic rings. The molecule has 9 heteroatoms. The zero-order valence-electron chi connectivity index (χ0n) is 14.6. The maximum absolute atomic E-state index is 12.4. The zero-order valence-corrected chi connectivity index (χ0v) is 15.4. The fourth-order valence-corrected chi connectivity index (χ4v) is 6.45. The van der Waals surface area contributed by atoms with Crippen molar-refractivity contribution in [3.63, 3.8) is 0 Å². The number of hydrogen-bond donors (Lipinski definition) is 2. The van der Waals surface area contributed by atoms with E-state index in [-0.39, 0.29) is 42.9 Å². The van der Waals surface area contributed by atoms with E-state index >= 15 is 0 Å². The molecule has 1 aliphatic carbocycles. The van der Waals surface area contributed by atoms with Crippen LogP contribution in [0.3, 0.4) is 0 Å². The summed E-state index contributed by atoms with van der Waals surface area (Å²) in [5.74, 6) is 1.61. The van der Waals surface area contributed by atoms with Crippen LogP contribution in [0.25, 0.3) is 0 Å². The lowest BCUT2D eigenvalue weighted by Crippen LogP contribution is -2.60. The van der Waals surface area contributed by atoms with Crippen molar-refractivity contribution in [1.82, 2.24) is 5.32 Å². The highest BCUT2D eigenvalue weighted by atomic mass is 32.2. The number of terminal acetylenes is 1. The third-order valence-electron chi connectivity index (χ3n) is 5.82. The molecule has 1 spiro atoms. The first-order valence-electron chi connectivity index (χ1n) is 8.89. The van der Waals surface area contributed by atoms with E-state index < -0.39 is 26.2 Å². The van der Waals surface area contributed by atoms with E-state index in [0.29, 0.717) is 32.1 Å². The molecule has 1 saturated heterocycles. The largest absolute Gasteiger partial charge is 0.369 e. The molecule has 0 aromatic rings. The summed E-state index contributed by atoms with van der Waals surface area (Å²) in [4.78, 5) is 23.5. The first-order chi connectivity index (χ1) is 12.2. The summed E-state index contributed by atoms with van der Waals surface area (Å²) in [5.41, 5.74) is 4.78. The Labute approximate surface area is 153 Å². The molecule has 8 nitrogen and oxygen atoms in total. The molecule has 1 atom stereocenters. The monoisotopic (exact) mass is 380 g/mol. The lowest BCUT2D eigenvalue weighted by atomic mass is 9.70. The molecule has 2 fully saturated rings. The molecule has 1 saturated carbocycles. The number of hydrogen-bond acceptors (Lipinski definition) is 6. The van der Waals surface area contributed by atoms with Crippen LogP contribution >= 0.6 is 0 Å². The molecule has 3 N–H and O–H groups in total. The second kappa shape index (κ2) is 6.65. The van der Waals surface area contributed by atoms with E-state index in [0.717, 1.165) is 0 Å².